The van der Waals surface area contributed by atoms with Gasteiger partial charge in [-0.25, -0.2) is 4.79 Å². The van der Waals surface area contributed by atoms with Gasteiger partial charge in [0.2, 0.25) is 0 Å². The second-order valence-corrected chi connectivity index (χ2v) is 5.70. The van der Waals surface area contributed by atoms with Crippen LogP contribution >= 0.6 is 0 Å². The molecule has 2 rings (SSSR count). The van der Waals surface area contributed by atoms with Gasteiger partial charge in [-0.3, -0.25) is 10.1 Å². The Morgan fingerprint density at radius 2 is 1.69 bits per heavy atom. The van der Waals surface area contributed by atoms with Crippen molar-refractivity contribution in [2.75, 3.05) is 5.32 Å². The summed E-state index contributed by atoms with van der Waals surface area (Å²) in [4.78, 5) is 21.9. The molecular formula is C17H16F3N3O3. The third-order valence-electron chi connectivity index (χ3n) is 3.54. The predicted molar refractivity (Wildman–Crippen MR) is 89.9 cm³/mol. The first-order chi connectivity index (χ1) is 12.1. The van der Waals surface area contributed by atoms with Crippen LogP contribution in [0.1, 0.15) is 18.1 Å². The van der Waals surface area contributed by atoms with Gasteiger partial charge in [0.1, 0.15) is 0 Å². The molecule has 9 heteroatoms. The Kier molecular flexibility index (Phi) is 5.81. The highest BCUT2D eigenvalue weighted by molar-refractivity contribution is 5.89. The summed E-state index contributed by atoms with van der Waals surface area (Å²) in [7, 11) is 0. The molecule has 26 heavy (non-hydrogen) atoms. The van der Waals surface area contributed by atoms with Crippen molar-refractivity contribution in [1.29, 1.82) is 0 Å². The fraction of sp³-hybridized carbons (Fsp3) is 0.235. The zero-order chi connectivity index (χ0) is 19.3. The number of anilines is 1. The molecule has 0 bridgehead atoms. The molecular weight excluding hydrogens is 351 g/mol. The molecule has 0 aliphatic heterocycles. The van der Waals surface area contributed by atoms with Crippen LogP contribution < -0.4 is 10.6 Å². The zero-order valence-electron chi connectivity index (χ0n) is 13.7. The number of hydrogen-bond acceptors (Lipinski definition) is 3. The molecule has 0 aliphatic carbocycles. The lowest BCUT2D eigenvalue weighted by molar-refractivity contribution is -0.384. The smallest absolute Gasteiger partial charge is 0.335 e. The molecule has 0 aliphatic rings. The van der Waals surface area contributed by atoms with E-state index in [1.165, 1.54) is 36.4 Å². The van der Waals surface area contributed by atoms with Crippen molar-refractivity contribution in [3.05, 3.63) is 69.8 Å². The number of benzene rings is 2. The summed E-state index contributed by atoms with van der Waals surface area (Å²) in [5, 5.41) is 15.8. The highest BCUT2D eigenvalue weighted by atomic mass is 19.4. The number of nitrogens with zero attached hydrogens (tertiary/aromatic N) is 1. The SMILES string of the molecule is CC(Cc1ccc(C(F)(F)F)cc1)NC(=O)Nc1ccc([N+](=O)[O-])cc1. The number of nitro benzene ring substituents is 1. The topological polar surface area (TPSA) is 84.3 Å². The second-order valence-electron chi connectivity index (χ2n) is 5.70. The van der Waals surface area contributed by atoms with Crippen LogP contribution in [0, 0.1) is 10.1 Å². The number of rotatable bonds is 5. The average Bonchev–Trinajstić information content (AvgIpc) is 2.54. The van der Waals surface area contributed by atoms with Crippen molar-refractivity contribution in [2.24, 2.45) is 0 Å². The Balaban J connectivity index is 1.87. The van der Waals surface area contributed by atoms with Crippen LogP contribution in [0.5, 0.6) is 0 Å². The molecule has 0 aromatic heterocycles. The molecule has 0 radical (unpaired) electrons. The van der Waals surface area contributed by atoms with Crippen molar-refractivity contribution in [2.45, 2.75) is 25.6 Å². The Labute approximate surface area is 147 Å². The van der Waals surface area contributed by atoms with E-state index < -0.39 is 22.7 Å². The van der Waals surface area contributed by atoms with E-state index in [9.17, 15) is 28.1 Å². The van der Waals surface area contributed by atoms with Crippen LogP contribution in [0.15, 0.2) is 48.5 Å². The normalized spacial score (nSPS) is 12.3. The highest BCUT2D eigenvalue weighted by Gasteiger charge is 2.29. The Bertz CT molecular complexity index is 775. The number of non-ortho nitro benzene ring substituents is 1. The van der Waals surface area contributed by atoms with Gasteiger partial charge >= 0.3 is 12.2 Å². The monoisotopic (exact) mass is 367 g/mol. The number of carbonyl (C=O) groups excluding carboxylic acids is 1. The molecule has 2 aromatic carbocycles. The first kappa shape index (κ1) is 19.2. The summed E-state index contributed by atoms with van der Waals surface area (Å²) >= 11 is 0. The molecule has 1 atom stereocenters. The third kappa shape index (κ3) is 5.47. The van der Waals surface area contributed by atoms with Crippen molar-refractivity contribution < 1.29 is 22.9 Å². The minimum absolute atomic E-state index is 0.0911. The van der Waals surface area contributed by atoms with E-state index >= 15 is 0 Å². The maximum Gasteiger partial charge on any atom is 0.416 e. The Morgan fingerprint density at radius 3 is 2.19 bits per heavy atom. The van der Waals surface area contributed by atoms with Gasteiger partial charge in [-0.1, -0.05) is 12.1 Å². The molecule has 138 valence electrons. The molecule has 6 nitrogen and oxygen atoms in total. The minimum atomic E-state index is -4.38. The number of nitrogens with one attached hydrogen (secondary N) is 2. The zero-order valence-corrected chi connectivity index (χ0v) is 13.7. The average molecular weight is 367 g/mol. The molecule has 2 N–H and O–H groups in total. The summed E-state index contributed by atoms with van der Waals surface area (Å²) in [5.41, 5.74) is 0.223. The highest BCUT2D eigenvalue weighted by Crippen LogP contribution is 2.29. The van der Waals surface area contributed by atoms with E-state index in [4.69, 9.17) is 0 Å². The Hall–Kier alpha value is -3.10. The van der Waals surface area contributed by atoms with E-state index in [1.54, 1.807) is 6.92 Å². The van der Waals surface area contributed by atoms with Gasteiger partial charge in [-0.2, -0.15) is 13.2 Å². The lowest BCUT2D eigenvalue weighted by Gasteiger charge is -2.15. The lowest BCUT2D eigenvalue weighted by Crippen LogP contribution is -2.37. The maximum absolute atomic E-state index is 12.5. The quantitative estimate of drug-likeness (QED) is 0.608. The summed E-state index contributed by atoms with van der Waals surface area (Å²) in [6.07, 6.45) is -4.03. The lowest BCUT2D eigenvalue weighted by atomic mass is 10.1. The fourth-order valence-electron chi connectivity index (χ4n) is 2.29. The molecule has 0 heterocycles. The molecule has 2 amide bonds. The number of nitro groups is 1. The summed E-state index contributed by atoms with van der Waals surface area (Å²) in [6.45, 7) is 1.72. The molecule has 0 fully saturated rings. The van der Waals surface area contributed by atoms with E-state index in [0.717, 1.165) is 12.1 Å². The van der Waals surface area contributed by atoms with Gasteiger partial charge in [0, 0.05) is 23.9 Å². The fourth-order valence-corrected chi connectivity index (χ4v) is 2.29. The first-order valence-electron chi connectivity index (χ1n) is 7.63. The predicted octanol–water partition coefficient (Wildman–Crippen LogP) is 4.37. The van der Waals surface area contributed by atoms with Crippen molar-refractivity contribution in [1.82, 2.24) is 5.32 Å². The first-order valence-corrected chi connectivity index (χ1v) is 7.63. The molecule has 0 spiro atoms. The van der Waals surface area contributed by atoms with E-state index in [2.05, 4.69) is 10.6 Å². The summed E-state index contributed by atoms with van der Waals surface area (Å²) < 4.78 is 37.6. The number of halogens is 3. The van der Waals surface area contributed by atoms with Crippen LogP contribution in [-0.2, 0) is 12.6 Å². The third-order valence-corrected chi connectivity index (χ3v) is 3.54. The standard InChI is InChI=1S/C17H16F3N3O3/c1-11(10-12-2-4-13(5-3-12)17(18,19)20)21-16(24)22-14-6-8-15(9-7-14)23(25)26/h2-9,11H,10H2,1H3,(H2,21,22,24). The van der Waals surface area contributed by atoms with Crippen molar-refractivity contribution in [3.8, 4) is 0 Å². The number of urea groups is 1. The van der Waals surface area contributed by atoms with Crippen molar-refractivity contribution >= 4 is 17.4 Å². The van der Waals surface area contributed by atoms with Gasteiger partial charge in [0.15, 0.2) is 0 Å². The maximum atomic E-state index is 12.5. The molecule has 2 aromatic rings. The molecule has 1 unspecified atom stereocenters. The van der Waals surface area contributed by atoms with Crippen molar-refractivity contribution in [3.63, 3.8) is 0 Å². The molecule has 0 saturated carbocycles. The van der Waals surface area contributed by atoms with Crippen LogP contribution in [0.3, 0.4) is 0 Å². The van der Waals surface area contributed by atoms with Crippen LogP contribution in [-0.4, -0.2) is 17.0 Å². The summed E-state index contributed by atoms with van der Waals surface area (Å²) in [5.74, 6) is 0. The van der Waals surface area contributed by atoms with Gasteiger partial charge < -0.3 is 10.6 Å². The molecule has 0 saturated heterocycles. The van der Waals surface area contributed by atoms with Crippen LogP contribution in [0.4, 0.5) is 29.3 Å². The van der Waals surface area contributed by atoms with Gasteiger partial charge in [0.05, 0.1) is 10.5 Å². The number of alkyl halides is 3. The van der Waals surface area contributed by atoms with Crippen LogP contribution in [0.2, 0.25) is 0 Å². The van der Waals surface area contributed by atoms with E-state index in [1.807, 2.05) is 0 Å². The van der Waals surface area contributed by atoms with Gasteiger partial charge in [0.25, 0.3) is 5.69 Å². The Morgan fingerprint density at radius 1 is 1.12 bits per heavy atom. The number of carbonyl (C=O) groups is 1. The van der Waals surface area contributed by atoms with E-state index in [0.29, 0.717) is 17.7 Å². The summed E-state index contributed by atoms with van der Waals surface area (Å²) in [6, 6.07) is 9.23. The van der Waals surface area contributed by atoms with Gasteiger partial charge in [-0.05, 0) is 43.2 Å². The van der Waals surface area contributed by atoms with Crippen LogP contribution in [0.25, 0.3) is 0 Å². The number of amides is 2. The van der Waals surface area contributed by atoms with Gasteiger partial charge in [-0.15, -0.1) is 0 Å². The number of hydrogen-bond donors (Lipinski definition) is 2. The van der Waals surface area contributed by atoms with E-state index in [-0.39, 0.29) is 11.7 Å². The second kappa shape index (κ2) is 7.85. The largest absolute Gasteiger partial charge is 0.416 e. The minimum Gasteiger partial charge on any atom is -0.335 e.